The lowest BCUT2D eigenvalue weighted by atomic mass is 9.95. The molecule has 3 rings (SSSR count). The van der Waals surface area contributed by atoms with E-state index in [1.165, 1.54) is 0 Å². The largest absolute Gasteiger partial charge is 0.357 e. The maximum Gasteiger partial charge on any atom is 0.227 e. The Morgan fingerprint density at radius 3 is 2.69 bits per heavy atom. The molecule has 2 heterocycles. The molecule has 1 atom stereocenters. The summed E-state index contributed by atoms with van der Waals surface area (Å²) in [4.78, 5) is 20.3. The summed E-state index contributed by atoms with van der Waals surface area (Å²) in [5.74, 6) is 1.50. The normalized spacial score (nSPS) is 15.2. The number of hydrogen-bond donors (Lipinski definition) is 1. The number of nitrogens with one attached hydrogen (secondary N) is 1. The van der Waals surface area contributed by atoms with Crippen molar-refractivity contribution in [2.24, 2.45) is 11.8 Å². The molecule has 0 saturated carbocycles. The van der Waals surface area contributed by atoms with E-state index in [4.69, 9.17) is 10.5 Å². The Balaban J connectivity index is 1.56. The average Bonchev–Trinajstić information content (AvgIpc) is 2.78. The van der Waals surface area contributed by atoms with Gasteiger partial charge in [0.15, 0.2) is 0 Å². The molecule has 1 amide bonds. The number of thioether (sulfide) groups is 1. The number of carbonyl (C=O) groups is 1. The van der Waals surface area contributed by atoms with Crippen molar-refractivity contribution in [2.75, 3.05) is 29.1 Å². The Morgan fingerprint density at radius 1 is 1.28 bits per heavy atom. The lowest BCUT2D eigenvalue weighted by Crippen LogP contribution is -2.38. The van der Waals surface area contributed by atoms with E-state index in [9.17, 15) is 4.79 Å². The molecule has 1 aromatic carbocycles. The van der Waals surface area contributed by atoms with E-state index in [1.807, 2.05) is 37.3 Å². The maximum absolute atomic E-state index is 12.8. The molecule has 1 aliphatic rings. The van der Waals surface area contributed by atoms with Crippen molar-refractivity contribution < 1.29 is 4.79 Å². The fraction of sp³-hybridized carbons (Fsp3) is 0.364. The Kier molecular flexibility index (Phi) is 7.10. The van der Waals surface area contributed by atoms with Gasteiger partial charge >= 0.3 is 0 Å². The van der Waals surface area contributed by atoms with Crippen LogP contribution in [0.5, 0.6) is 0 Å². The number of hydrogen-bond acceptors (Lipinski definition) is 6. The fourth-order valence-electron chi connectivity index (χ4n) is 3.19. The van der Waals surface area contributed by atoms with Crippen LogP contribution in [0.15, 0.2) is 47.5 Å². The van der Waals surface area contributed by atoms with Crippen LogP contribution in [0.1, 0.15) is 25.3 Å². The van der Waals surface area contributed by atoms with Crippen molar-refractivity contribution >= 4 is 29.2 Å². The number of nitrogens with zero attached hydrogens (tertiary/aromatic N) is 4. The van der Waals surface area contributed by atoms with Gasteiger partial charge in [-0.3, -0.25) is 4.79 Å². The van der Waals surface area contributed by atoms with Crippen LogP contribution in [0.4, 0.5) is 11.5 Å². The maximum atomic E-state index is 12.8. The second kappa shape index (κ2) is 9.95. The standard InChI is InChI=1S/C22H23N5OS/c1-16(12-23)15-29-20-5-3-2-4-19(20)26-22(28)18-8-10-27(11-9-18)21-7-6-17(13-24)14-25-21/h2-7,14,16,18H,8-11,15H2,1H3,(H,26,28)/t16-/m1/s1. The molecule has 2 aromatic rings. The molecule has 0 spiro atoms. The molecular formula is C22H23N5OS. The highest BCUT2D eigenvalue weighted by Gasteiger charge is 2.26. The zero-order valence-corrected chi connectivity index (χ0v) is 17.2. The Labute approximate surface area is 175 Å². The van der Waals surface area contributed by atoms with Crippen molar-refractivity contribution in [1.29, 1.82) is 10.5 Å². The zero-order chi connectivity index (χ0) is 20.6. The monoisotopic (exact) mass is 405 g/mol. The SMILES string of the molecule is C[C@H](C#N)CSc1ccccc1NC(=O)C1CCN(c2ccc(C#N)cn2)CC1. The predicted octanol–water partition coefficient (Wildman–Crippen LogP) is 4.06. The van der Waals surface area contributed by atoms with Gasteiger partial charge in [-0.2, -0.15) is 10.5 Å². The third-order valence-corrected chi connectivity index (χ3v) is 6.25. The van der Waals surface area contributed by atoms with E-state index in [0.717, 1.165) is 42.3 Å². The van der Waals surface area contributed by atoms with Gasteiger partial charge in [-0.25, -0.2) is 4.98 Å². The summed E-state index contributed by atoms with van der Waals surface area (Å²) in [5.41, 5.74) is 1.35. The quantitative estimate of drug-likeness (QED) is 0.729. The molecule has 0 radical (unpaired) electrons. The molecule has 1 aliphatic heterocycles. The van der Waals surface area contributed by atoms with E-state index >= 15 is 0 Å². The number of aromatic nitrogens is 1. The highest BCUT2D eigenvalue weighted by molar-refractivity contribution is 7.99. The molecular weight excluding hydrogens is 382 g/mol. The minimum absolute atomic E-state index is 0.0380. The number of pyridine rings is 1. The van der Waals surface area contributed by atoms with Crippen LogP contribution < -0.4 is 10.2 Å². The van der Waals surface area contributed by atoms with Gasteiger partial charge in [-0.05, 0) is 44.0 Å². The predicted molar refractivity (Wildman–Crippen MR) is 114 cm³/mol. The van der Waals surface area contributed by atoms with Crippen LogP contribution in [-0.2, 0) is 4.79 Å². The summed E-state index contributed by atoms with van der Waals surface area (Å²) in [7, 11) is 0. The fourth-order valence-corrected chi connectivity index (χ4v) is 4.15. The minimum Gasteiger partial charge on any atom is -0.357 e. The molecule has 148 valence electrons. The lowest BCUT2D eigenvalue weighted by molar-refractivity contribution is -0.120. The van der Waals surface area contributed by atoms with Gasteiger partial charge in [0.1, 0.15) is 11.9 Å². The number of para-hydroxylation sites is 1. The number of benzene rings is 1. The third-order valence-electron chi connectivity index (χ3n) is 4.92. The first-order chi connectivity index (χ1) is 14.1. The minimum atomic E-state index is -0.0410. The van der Waals surface area contributed by atoms with Crippen molar-refractivity contribution in [2.45, 2.75) is 24.7 Å². The van der Waals surface area contributed by atoms with Gasteiger partial charge in [-0.1, -0.05) is 12.1 Å². The van der Waals surface area contributed by atoms with Gasteiger partial charge in [0.2, 0.25) is 5.91 Å². The second-order valence-electron chi connectivity index (χ2n) is 7.10. The Morgan fingerprint density at radius 2 is 2.03 bits per heavy atom. The van der Waals surface area contributed by atoms with Crippen LogP contribution in [0.3, 0.4) is 0 Å². The summed E-state index contributed by atoms with van der Waals surface area (Å²) in [5, 5.41) is 20.9. The van der Waals surface area contributed by atoms with Gasteiger partial charge in [0.05, 0.1) is 23.2 Å². The topological polar surface area (TPSA) is 92.8 Å². The molecule has 1 aromatic heterocycles. The smallest absolute Gasteiger partial charge is 0.227 e. The second-order valence-corrected chi connectivity index (χ2v) is 8.17. The van der Waals surface area contributed by atoms with Crippen LogP contribution in [-0.4, -0.2) is 29.7 Å². The number of piperidine rings is 1. The van der Waals surface area contributed by atoms with Crippen LogP contribution in [0.25, 0.3) is 0 Å². The van der Waals surface area contributed by atoms with E-state index in [2.05, 4.69) is 27.3 Å². The first-order valence-corrected chi connectivity index (χ1v) is 10.6. The first kappa shape index (κ1) is 20.7. The molecule has 6 nitrogen and oxygen atoms in total. The molecule has 1 fully saturated rings. The number of rotatable bonds is 6. The summed E-state index contributed by atoms with van der Waals surface area (Å²) in [6, 6.07) is 15.7. The van der Waals surface area contributed by atoms with E-state index in [1.54, 1.807) is 24.0 Å². The van der Waals surface area contributed by atoms with Crippen molar-refractivity contribution in [1.82, 2.24) is 4.98 Å². The number of amides is 1. The van der Waals surface area contributed by atoms with E-state index in [0.29, 0.717) is 11.3 Å². The summed E-state index contributed by atoms with van der Waals surface area (Å²) >= 11 is 1.59. The number of carbonyl (C=O) groups excluding carboxylic acids is 1. The van der Waals surface area contributed by atoms with E-state index in [-0.39, 0.29) is 17.7 Å². The number of anilines is 2. The molecule has 0 unspecified atom stereocenters. The molecule has 29 heavy (non-hydrogen) atoms. The molecule has 7 heteroatoms. The first-order valence-electron chi connectivity index (χ1n) is 9.64. The van der Waals surface area contributed by atoms with Crippen molar-refractivity contribution in [3.8, 4) is 12.1 Å². The lowest BCUT2D eigenvalue weighted by Gasteiger charge is -2.32. The summed E-state index contributed by atoms with van der Waals surface area (Å²) < 4.78 is 0. The Hall–Kier alpha value is -3.03. The van der Waals surface area contributed by atoms with Crippen molar-refractivity contribution in [3.05, 3.63) is 48.2 Å². The summed E-state index contributed by atoms with van der Waals surface area (Å²) in [6.07, 6.45) is 3.10. The molecule has 0 bridgehead atoms. The van der Waals surface area contributed by atoms with Gasteiger partial charge < -0.3 is 10.2 Å². The van der Waals surface area contributed by atoms with Crippen molar-refractivity contribution in [3.63, 3.8) is 0 Å². The highest BCUT2D eigenvalue weighted by Crippen LogP contribution is 2.30. The molecule has 0 aliphatic carbocycles. The summed E-state index contributed by atoms with van der Waals surface area (Å²) in [6.45, 7) is 3.41. The molecule has 1 N–H and O–H groups in total. The van der Waals surface area contributed by atoms with Crippen LogP contribution >= 0.6 is 11.8 Å². The van der Waals surface area contributed by atoms with Gasteiger partial charge in [-0.15, -0.1) is 11.8 Å². The average molecular weight is 406 g/mol. The third kappa shape index (κ3) is 5.49. The molecule has 1 saturated heterocycles. The Bertz CT molecular complexity index is 923. The van der Waals surface area contributed by atoms with Gasteiger partial charge in [0.25, 0.3) is 0 Å². The highest BCUT2D eigenvalue weighted by atomic mass is 32.2. The zero-order valence-electron chi connectivity index (χ0n) is 16.3. The van der Waals surface area contributed by atoms with Crippen LogP contribution in [0, 0.1) is 34.5 Å². The van der Waals surface area contributed by atoms with Crippen LogP contribution in [0.2, 0.25) is 0 Å². The van der Waals surface area contributed by atoms with Gasteiger partial charge in [0, 0.05) is 35.9 Å². The number of nitriles is 2. The van der Waals surface area contributed by atoms with E-state index < -0.39 is 0 Å².